The number of hydrogen-bond donors (Lipinski definition) is 2. The number of nitrogens with zero attached hydrogens (tertiary/aromatic N) is 4. The molecular weight excluding hydrogens is 336 g/mol. The number of rotatable bonds is 6. The van der Waals surface area contributed by atoms with Gasteiger partial charge in [-0.2, -0.15) is 4.68 Å². The van der Waals surface area contributed by atoms with Crippen LogP contribution < -0.4 is 15.4 Å². The molecule has 2 N–H and O–H groups in total. The van der Waals surface area contributed by atoms with Gasteiger partial charge in [0.25, 0.3) is 0 Å². The Labute approximate surface area is 151 Å². The number of methoxy groups -OCH3 is 1. The van der Waals surface area contributed by atoms with E-state index in [1.807, 2.05) is 18.2 Å². The number of hydrogen-bond acceptors (Lipinski definition) is 7. The van der Waals surface area contributed by atoms with Gasteiger partial charge in [0.2, 0.25) is 5.91 Å². The van der Waals surface area contributed by atoms with Gasteiger partial charge in [-0.05, 0) is 41.5 Å². The zero-order valence-corrected chi connectivity index (χ0v) is 14.6. The van der Waals surface area contributed by atoms with Crippen LogP contribution in [0.3, 0.4) is 0 Å². The highest BCUT2D eigenvalue weighted by atomic mass is 16.5. The summed E-state index contributed by atoms with van der Waals surface area (Å²) in [7, 11) is 1.60. The lowest BCUT2D eigenvalue weighted by atomic mass is 10.2. The predicted octanol–water partition coefficient (Wildman–Crippen LogP) is 0.865. The number of carbonyl (C=O) groups is 1. The molecule has 1 saturated carbocycles. The minimum Gasteiger partial charge on any atom is -0.494 e. The summed E-state index contributed by atoms with van der Waals surface area (Å²) in [5.74, 6) is 1.81. The third-order valence-corrected chi connectivity index (χ3v) is 4.56. The maximum atomic E-state index is 12.3. The fourth-order valence-electron chi connectivity index (χ4n) is 3.08. The minimum atomic E-state index is -0.0664. The topological polar surface area (TPSA) is 103 Å². The molecule has 4 rings (SSSR count). The zero-order chi connectivity index (χ0) is 17.9. The van der Waals surface area contributed by atoms with E-state index in [9.17, 15) is 4.79 Å². The third kappa shape index (κ3) is 3.68. The molecule has 1 atom stereocenters. The predicted molar refractivity (Wildman–Crippen MR) is 93.5 cm³/mol. The van der Waals surface area contributed by atoms with E-state index in [2.05, 4.69) is 26.2 Å². The zero-order valence-electron chi connectivity index (χ0n) is 14.6. The quantitative estimate of drug-likeness (QED) is 0.789. The summed E-state index contributed by atoms with van der Waals surface area (Å²) in [6, 6.07) is 5.50. The molecule has 2 aliphatic rings. The second kappa shape index (κ2) is 7.38. The maximum absolute atomic E-state index is 12.3. The second-order valence-electron chi connectivity index (χ2n) is 6.59. The Morgan fingerprint density at radius 1 is 1.46 bits per heavy atom. The number of morpholine rings is 1. The van der Waals surface area contributed by atoms with Crippen LogP contribution in [0.25, 0.3) is 5.69 Å². The first-order valence-electron chi connectivity index (χ1n) is 8.82. The van der Waals surface area contributed by atoms with Gasteiger partial charge in [0.15, 0.2) is 5.82 Å². The van der Waals surface area contributed by atoms with Crippen molar-refractivity contribution in [2.24, 2.45) is 0 Å². The van der Waals surface area contributed by atoms with Crippen LogP contribution in [-0.4, -0.2) is 59.0 Å². The second-order valence-corrected chi connectivity index (χ2v) is 6.59. The molecule has 138 valence electrons. The SMILES string of the molecule is COc1ccc(NC(=O)CC2COCCN2)cc1-n1nnnc1C1CC1. The number of amides is 1. The molecule has 1 unspecified atom stereocenters. The number of benzene rings is 1. The molecular formula is C17H22N6O3. The number of aromatic nitrogens is 4. The third-order valence-electron chi connectivity index (χ3n) is 4.56. The number of carbonyl (C=O) groups excluding carboxylic acids is 1. The molecule has 2 aromatic rings. The van der Waals surface area contributed by atoms with Gasteiger partial charge in [0.1, 0.15) is 11.4 Å². The lowest BCUT2D eigenvalue weighted by molar-refractivity contribution is -0.117. The molecule has 1 amide bonds. The van der Waals surface area contributed by atoms with Crippen molar-refractivity contribution in [3.8, 4) is 11.4 Å². The fourth-order valence-corrected chi connectivity index (χ4v) is 3.08. The van der Waals surface area contributed by atoms with E-state index in [0.717, 1.165) is 30.9 Å². The number of tetrazole rings is 1. The molecule has 2 heterocycles. The molecule has 1 aromatic carbocycles. The first-order chi connectivity index (χ1) is 12.7. The number of ether oxygens (including phenoxy) is 2. The molecule has 0 spiro atoms. The Hall–Kier alpha value is -2.52. The average Bonchev–Trinajstić information content (AvgIpc) is 3.39. The summed E-state index contributed by atoms with van der Waals surface area (Å²) < 4.78 is 12.5. The maximum Gasteiger partial charge on any atom is 0.226 e. The average molecular weight is 358 g/mol. The number of anilines is 1. The normalized spacial score (nSPS) is 20.0. The summed E-state index contributed by atoms with van der Waals surface area (Å²) in [4.78, 5) is 12.3. The molecule has 9 heteroatoms. The van der Waals surface area contributed by atoms with Gasteiger partial charge >= 0.3 is 0 Å². The molecule has 26 heavy (non-hydrogen) atoms. The van der Waals surface area contributed by atoms with Gasteiger partial charge in [-0.1, -0.05) is 0 Å². The lowest BCUT2D eigenvalue weighted by Crippen LogP contribution is -2.43. The first kappa shape index (κ1) is 16.9. The summed E-state index contributed by atoms with van der Waals surface area (Å²) in [5, 5.41) is 18.3. The van der Waals surface area contributed by atoms with Crippen LogP contribution in [0.2, 0.25) is 0 Å². The molecule has 1 aliphatic carbocycles. The van der Waals surface area contributed by atoms with Crippen molar-refractivity contribution in [2.45, 2.75) is 31.2 Å². The van der Waals surface area contributed by atoms with E-state index in [1.165, 1.54) is 0 Å². The van der Waals surface area contributed by atoms with Crippen molar-refractivity contribution in [1.82, 2.24) is 25.5 Å². The summed E-state index contributed by atoms with van der Waals surface area (Å²) in [6.45, 7) is 2.01. The van der Waals surface area contributed by atoms with E-state index >= 15 is 0 Å². The highest BCUT2D eigenvalue weighted by Crippen LogP contribution is 2.40. The monoisotopic (exact) mass is 358 g/mol. The summed E-state index contributed by atoms with van der Waals surface area (Å²) >= 11 is 0. The van der Waals surface area contributed by atoms with Crippen molar-refractivity contribution in [3.63, 3.8) is 0 Å². The minimum absolute atomic E-state index is 0.0439. The lowest BCUT2D eigenvalue weighted by Gasteiger charge is -2.23. The molecule has 0 radical (unpaired) electrons. The molecule has 2 fully saturated rings. The van der Waals surface area contributed by atoms with Crippen LogP contribution in [-0.2, 0) is 9.53 Å². The van der Waals surface area contributed by atoms with Gasteiger partial charge < -0.3 is 20.1 Å². The van der Waals surface area contributed by atoms with Gasteiger partial charge in [0, 0.05) is 30.6 Å². The van der Waals surface area contributed by atoms with Crippen LogP contribution in [0.4, 0.5) is 5.69 Å². The smallest absolute Gasteiger partial charge is 0.226 e. The Bertz CT molecular complexity index is 783. The number of nitrogens with one attached hydrogen (secondary N) is 2. The highest BCUT2D eigenvalue weighted by molar-refractivity contribution is 5.91. The summed E-state index contributed by atoms with van der Waals surface area (Å²) in [6.07, 6.45) is 2.55. The van der Waals surface area contributed by atoms with Gasteiger partial charge in [-0.3, -0.25) is 4.79 Å². The van der Waals surface area contributed by atoms with Crippen molar-refractivity contribution in [3.05, 3.63) is 24.0 Å². The molecule has 1 saturated heterocycles. The molecule has 1 aromatic heterocycles. The van der Waals surface area contributed by atoms with Crippen LogP contribution in [0, 0.1) is 0 Å². The van der Waals surface area contributed by atoms with Gasteiger partial charge in [0.05, 0.1) is 20.3 Å². The van der Waals surface area contributed by atoms with E-state index in [4.69, 9.17) is 9.47 Å². The van der Waals surface area contributed by atoms with Crippen molar-refractivity contribution in [1.29, 1.82) is 0 Å². The van der Waals surface area contributed by atoms with Gasteiger partial charge in [-0.15, -0.1) is 5.10 Å². The van der Waals surface area contributed by atoms with Gasteiger partial charge in [-0.25, -0.2) is 0 Å². The summed E-state index contributed by atoms with van der Waals surface area (Å²) in [5.41, 5.74) is 1.40. The van der Waals surface area contributed by atoms with Crippen LogP contribution >= 0.6 is 0 Å². The largest absolute Gasteiger partial charge is 0.494 e. The Morgan fingerprint density at radius 2 is 2.35 bits per heavy atom. The van der Waals surface area contributed by atoms with E-state index in [1.54, 1.807) is 11.8 Å². The standard InChI is InChI=1S/C17H22N6O3/c1-25-15-5-4-12(19-16(24)9-13-10-26-7-6-18-13)8-14(15)23-17(11-2-3-11)20-21-22-23/h4-5,8,11,13,18H,2-3,6-7,9-10H2,1H3,(H,19,24). The van der Waals surface area contributed by atoms with Crippen LogP contribution in [0.1, 0.15) is 31.0 Å². The van der Waals surface area contributed by atoms with Crippen LogP contribution in [0.5, 0.6) is 5.75 Å². The first-order valence-corrected chi connectivity index (χ1v) is 8.82. The van der Waals surface area contributed by atoms with Crippen molar-refractivity contribution >= 4 is 11.6 Å². The van der Waals surface area contributed by atoms with E-state index in [0.29, 0.717) is 37.0 Å². The highest BCUT2D eigenvalue weighted by Gasteiger charge is 2.30. The van der Waals surface area contributed by atoms with E-state index < -0.39 is 0 Å². The van der Waals surface area contributed by atoms with Crippen molar-refractivity contribution in [2.75, 3.05) is 32.2 Å². The van der Waals surface area contributed by atoms with Crippen LogP contribution in [0.15, 0.2) is 18.2 Å². The Balaban J connectivity index is 1.52. The molecule has 1 aliphatic heterocycles. The van der Waals surface area contributed by atoms with E-state index in [-0.39, 0.29) is 11.9 Å². The Kier molecular flexibility index (Phi) is 4.81. The fraction of sp³-hybridized carbons (Fsp3) is 0.529. The van der Waals surface area contributed by atoms with Crippen molar-refractivity contribution < 1.29 is 14.3 Å². The Morgan fingerprint density at radius 3 is 3.08 bits per heavy atom. The molecule has 0 bridgehead atoms. The molecule has 9 nitrogen and oxygen atoms in total.